The minimum atomic E-state index is -0.277. The first kappa shape index (κ1) is 17.9. The standard InChI is InChI=1S/C21H22BrNO2/c1-4-19(15-6-8-17(22)9-7-15)23-12-16-11-20(24)25-21-14(3)13(2)5-10-18(16)21/h5-11,19,23H,4,12H2,1-3H3/p+1/t19-/m1/s1. The molecule has 0 amide bonds. The van der Waals surface area contributed by atoms with Crippen LogP contribution in [0, 0.1) is 13.8 Å². The van der Waals surface area contributed by atoms with Crippen molar-refractivity contribution in [2.24, 2.45) is 0 Å². The molecular formula is C21H23BrNO2+. The van der Waals surface area contributed by atoms with E-state index in [1.54, 1.807) is 6.07 Å². The van der Waals surface area contributed by atoms with Crippen LogP contribution in [-0.4, -0.2) is 0 Å². The Morgan fingerprint density at radius 3 is 2.52 bits per heavy atom. The first-order chi connectivity index (χ1) is 12.0. The van der Waals surface area contributed by atoms with Crippen molar-refractivity contribution in [1.82, 2.24) is 0 Å². The number of fused-ring (bicyclic) bond motifs is 1. The number of nitrogens with two attached hydrogens (primary N) is 1. The van der Waals surface area contributed by atoms with Crippen LogP contribution in [0.25, 0.3) is 11.0 Å². The Bertz CT molecular complexity index is 945. The van der Waals surface area contributed by atoms with Gasteiger partial charge in [-0.25, -0.2) is 4.79 Å². The van der Waals surface area contributed by atoms with Gasteiger partial charge in [-0.15, -0.1) is 0 Å². The predicted molar refractivity (Wildman–Crippen MR) is 105 cm³/mol. The summed E-state index contributed by atoms with van der Waals surface area (Å²) < 4.78 is 6.56. The number of hydrogen-bond acceptors (Lipinski definition) is 2. The van der Waals surface area contributed by atoms with Gasteiger partial charge in [0.05, 0.1) is 0 Å². The van der Waals surface area contributed by atoms with Crippen LogP contribution in [-0.2, 0) is 6.54 Å². The molecule has 4 heteroatoms. The first-order valence-corrected chi connectivity index (χ1v) is 9.40. The van der Waals surface area contributed by atoms with E-state index < -0.39 is 0 Å². The number of benzene rings is 2. The molecule has 1 aromatic heterocycles. The summed E-state index contributed by atoms with van der Waals surface area (Å²) in [7, 11) is 0. The third kappa shape index (κ3) is 3.86. The lowest BCUT2D eigenvalue weighted by Gasteiger charge is -2.15. The zero-order valence-corrected chi connectivity index (χ0v) is 16.4. The van der Waals surface area contributed by atoms with E-state index >= 15 is 0 Å². The topological polar surface area (TPSA) is 46.8 Å². The molecule has 0 bridgehead atoms. The van der Waals surface area contributed by atoms with Gasteiger partial charge in [-0.2, -0.15) is 0 Å². The van der Waals surface area contributed by atoms with Crippen LogP contribution in [0.5, 0.6) is 0 Å². The molecule has 0 aliphatic carbocycles. The highest BCUT2D eigenvalue weighted by Crippen LogP contribution is 2.23. The van der Waals surface area contributed by atoms with Crippen molar-refractivity contribution in [3.8, 4) is 0 Å². The summed E-state index contributed by atoms with van der Waals surface area (Å²) in [6, 6.07) is 14.6. The number of quaternary nitrogens is 1. The van der Waals surface area contributed by atoms with E-state index in [0.717, 1.165) is 39.5 Å². The van der Waals surface area contributed by atoms with Crippen LogP contribution in [0.1, 0.15) is 41.6 Å². The van der Waals surface area contributed by atoms with Crippen LogP contribution in [0.2, 0.25) is 0 Å². The molecule has 1 atom stereocenters. The molecule has 0 unspecified atom stereocenters. The van der Waals surface area contributed by atoms with Crippen molar-refractivity contribution in [1.29, 1.82) is 0 Å². The summed E-state index contributed by atoms with van der Waals surface area (Å²) in [5.74, 6) is 0. The largest absolute Gasteiger partial charge is 0.422 e. The van der Waals surface area contributed by atoms with Crippen LogP contribution in [0.15, 0.2) is 56.1 Å². The van der Waals surface area contributed by atoms with Gasteiger partial charge in [0.15, 0.2) is 0 Å². The van der Waals surface area contributed by atoms with Gasteiger partial charge in [0.1, 0.15) is 18.2 Å². The Morgan fingerprint density at radius 1 is 1.12 bits per heavy atom. The fourth-order valence-electron chi connectivity index (χ4n) is 3.21. The Kier molecular flexibility index (Phi) is 5.40. The molecule has 25 heavy (non-hydrogen) atoms. The molecule has 3 aromatic rings. The molecule has 3 rings (SSSR count). The van der Waals surface area contributed by atoms with Crippen LogP contribution < -0.4 is 10.9 Å². The van der Waals surface area contributed by atoms with Gasteiger partial charge in [-0.1, -0.05) is 47.1 Å². The van der Waals surface area contributed by atoms with Gasteiger partial charge in [0.2, 0.25) is 0 Å². The number of rotatable bonds is 5. The SMILES string of the molecule is CC[C@@H]([NH2+]Cc1cc(=O)oc2c(C)c(C)ccc12)c1ccc(Br)cc1. The summed E-state index contributed by atoms with van der Waals surface area (Å²) in [5, 5.41) is 3.33. The summed E-state index contributed by atoms with van der Waals surface area (Å²) in [4.78, 5) is 12.0. The Morgan fingerprint density at radius 2 is 1.84 bits per heavy atom. The minimum absolute atomic E-state index is 0.277. The van der Waals surface area contributed by atoms with Gasteiger partial charge >= 0.3 is 5.63 Å². The molecule has 0 saturated heterocycles. The van der Waals surface area contributed by atoms with Gasteiger partial charge in [0, 0.05) is 33.5 Å². The molecule has 0 aliphatic rings. The number of hydrogen-bond donors (Lipinski definition) is 1. The lowest BCUT2D eigenvalue weighted by atomic mass is 10.0. The lowest BCUT2D eigenvalue weighted by Crippen LogP contribution is -2.83. The van der Waals surface area contributed by atoms with E-state index in [9.17, 15) is 4.79 Å². The van der Waals surface area contributed by atoms with E-state index in [0.29, 0.717) is 11.6 Å². The average molecular weight is 401 g/mol. The minimum Gasteiger partial charge on any atom is -0.422 e. The van der Waals surface area contributed by atoms with E-state index in [4.69, 9.17) is 4.42 Å². The van der Waals surface area contributed by atoms with Crippen molar-refractivity contribution < 1.29 is 9.73 Å². The van der Waals surface area contributed by atoms with Crippen LogP contribution >= 0.6 is 15.9 Å². The highest BCUT2D eigenvalue weighted by molar-refractivity contribution is 9.10. The molecule has 1 heterocycles. The Labute approximate surface area is 156 Å². The number of aryl methyl sites for hydroxylation is 2. The normalized spacial score (nSPS) is 12.5. The highest BCUT2D eigenvalue weighted by atomic mass is 79.9. The second-order valence-electron chi connectivity index (χ2n) is 6.48. The summed E-state index contributed by atoms with van der Waals surface area (Å²) >= 11 is 3.48. The van der Waals surface area contributed by atoms with E-state index in [1.807, 2.05) is 13.8 Å². The Hall–Kier alpha value is -1.91. The maximum Gasteiger partial charge on any atom is 0.336 e. The van der Waals surface area contributed by atoms with Gasteiger partial charge < -0.3 is 9.73 Å². The maximum absolute atomic E-state index is 12.0. The quantitative estimate of drug-likeness (QED) is 0.645. The van der Waals surface area contributed by atoms with Crippen molar-refractivity contribution in [2.75, 3.05) is 0 Å². The van der Waals surface area contributed by atoms with Crippen molar-refractivity contribution in [3.63, 3.8) is 0 Å². The number of halogens is 1. The fraction of sp³-hybridized carbons (Fsp3) is 0.286. The molecule has 2 aromatic carbocycles. The molecular weight excluding hydrogens is 378 g/mol. The van der Waals surface area contributed by atoms with Gasteiger partial charge in [-0.3, -0.25) is 0 Å². The van der Waals surface area contributed by atoms with Crippen molar-refractivity contribution >= 4 is 26.9 Å². The third-order valence-electron chi connectivity index (χ3n) is 4.88. The molecule has 0 saturated carbocycles. The molecule has 2 N–H and O–H groups in total. The monoisotopic (exact) mass is 400 g/mol. The molecule has 130 valence electrons. The molecule has 0 spiro atoms. The highest BCUT2D eigenvalue weighted by Gasteiger charge is 2.15. The van der Waals surface area contributed by atoms with Gasteiger partial charge in [0.25, 0.3) is 0 Å². The Balaban J connectivity index is 1.91. The average Bonchev–Trinajstić information content (AvgIpc) is 2.60. The van der Waals surface area contributed by atoms with Crippen LogP contribution in [0.4, 0.5) is 0 Å². The summed E-state index contributed by atoms with van der Waals surface area (Å²) in [5.41, 5.74) is 4.94. The molecule has 0 fully saturated rings. The van der Waals surface area contributed by atoms with Crippen molar-refractivity contribution in [2.45, 2.75) is 39.8 Å². The summed E-state index contributed by atoms with van der Waals surface area (Å²) in [6.07, 6.45) is 1.03. The second kappa shape index (κ2) is 7.54. The van der Waals surface area contributed by atoms with E-state index in [2.05, 4.69) is 64.6 Å². The zero-order valence-electron chi connectivity index (χ0n) is 14.8. The molecule has 0 aliphatic heterocycles. The van der Waals surface area contributed by atoms with Crippen LogP contribution in [0.3, 0.4) is 0 Å². The van der Waals surface area contributed by atoms with Gasteiger partial charge in [-0.05, 0) is 37.1 Å². The first-order valence-electron chi connectivity index (χ1n) is 8.61. The fourth-order valence-corrected chi connectivity index (χ4v) is 3.48. The van der Waals surface area contributed by atoms with E-state index in [-0.39, 0.29) is 5.63 Å². The second-order valence-corrected chi connectivity index (χ2v) is 7.40. The van der Waals surface area contributed by atoms with Crippen molar-refractivity contribution in [3.05, 3.63) is 79.6 Å². The lowest BCUT2D eigenvalue weighted by molar-refractivity contribution is -0.711. The predicted octanol–water partition coefficient (Wildman–Crippen LogP) is 4.39. The molecule has 3 nitrogen and oxygen atoms in total. The van der Waals surface area contributed by atoms with E-state index in [1.165, 1.54) is 5.56 Å². The maximum atomic E-state index is 12.0. The zero-order chi connectivity index (χ0) is 18.0. The summed E-state index contributed by atoms with van der Waals surface area (Å²) in [6.45, 7) is 6.98. The third-order valence-corrected chi connectivity index (χ3v) is 5.41. The smallest absolute Gasteiger partial charge is 0.336 e. The molecule has 0 radical (unpaired) electrons.